The molecule has 0 aliphatic heterocycles. The van der Waals surface area contributed by atoms with Gasteiger partial charge in [0.15, 0.2) is 5.65 Å². The number of hydrogen-bond acceptors (Lipinski definition) is 2. The fraction of sp³-hybridized carbons (Fsp3) is 0.455. The van der Waals surface area contributed by atoms with Crippen molar-refractivity contribution in [2.24, 2.45) is 0 Å². The Morgan fingerprint density at radius 1 is 1.33 bits per heavy atom. The van der Waals surface area contributed by atoms with E-state index in [0.717, 1.165) is 17.8 Å². The van der Waals surface area contributed by atoms with Gasteiger partial charge in [0.05, 0.1) is 11.9 Å². The molecule has 0 amide bonds. The standard InChI is InChI=1S/C11H14ClN3/c1-2-3-4-5-9-8-13-11-7-6-10(12)14-15(9)11/h6-8H,2-5H2,1H3. The van der Waals surface area contributed by atoms with E-state index in [4.69, 9.17) is 11.6 Å². The number of halogens is 1. The second-order valence-electron chi connectivity index (χ2n) is 3.63. The number of unbranched alkanes of at least 4 members (excludes halogenated alkanes) is 2. The molecule has 15 heavy (non-hydrogen) atoms. The molecule has 0 aliphatic rings. The van der Waals surface area contributed by atoms with Gasteiger partial charge in [-0.3, -0.25) is 0 Å². The summed E-state index contributed by atoms with van der Waals surface area (Å²) >= 11 is 5.85. The first-order valence-corrected chi connectivity index (χ1v) is 5.68. The number of rotatable bonds is 4. The number of fused-ring (bicyclic) bond motifs is 1. The van der Waals surface area contributed by atoms with E-state index < -0.39 is 0 Å². The van der Waals surface area contributed by atoms with Crippen molar-refractivity contribution in [2.75, 3.05) is 0 Å². The molecule has 2 heterocycles. The highest BCUT2D eigenvalue weighted by atomic mass is 35.5. The Bertz CT molecular complexity index is 450. The highest BCUT2D eigenvalue weighted by molar-refractivity contribution is 6.29. The zero-order valence-electron chi connectivity index (χ0n) is 8.78. The summed E-state index contributed by atoms with van der Waals surface area (Å²) in [5, 5.41) is 4.75. The minimum absolute atomic E-state index is 0.511. The largest absolute Gasteiger partial charge is 0.235 e. The first-order chi connectivity index (χ1) is 7.31. The van der Waals surface area contributed by atoms with Crippen LogP contribution in [-0.2, 0) is 6.42 Å². The molecular formula is C11H14ClN3. The van der Waals surface area contributed by atoms with Gasteiger partial charge in [0.25, 0.3) is 0 Å². The van der Waals surface area contributed by atoms with Gasteiger partial charge in [-0.05, 0) is 25.0 Å². The first-order valence-electron chi connectivity index (χ1n) is 5.30. The molecule has 80 valence electrons. The van der Waals surface area contributed by atoms with Gasteiger partial charge >= 0.3 is 0 Å². The van der Waals surface area contributed by atoms with Crippen molar-refractivity contribution in [2.45, 2.75) is 32.6 Å². The van der Waals surface area contributed by atoms with E-state index >= 15 is 0 Å². The predicted octanol–water partition coefficient (Wildman–Crippen LogP) is 3.12. The van der Waals surface area contributed by atoms with Crippen molar-refractivity contribution in [1.29, 1.82) is 0 Å². The monoisotopic (exact) mass is 223 g/mol. The van der Waals surface area contributed by atoms with Crippen molar-refractivity contribution in [3.63, 3.8) is 0 Å². The minimum atomic E-state index is 0.511. The lowest BCUT2D eigenvalue weighted by atomic mass is 10.2. The van der Waals surface area contributed by atoms with Crippen LogP contribution in [0, 0.1) is 0 Å². The minimum Gasteiger partial charge on any atom is -0.235 e. The molecular weight excluding hydrogens is 210 g/mol. The lowest BCUT2D eigenvalue weighted by molar-refractivity contribution is 0.692. The molecule has 2 aromatic rings. The fourth-order valence-electron chi connectivity index (χ4n) is 1.62. The van der Waals surface area contributed by atoms with Crippen LogP contribution in [0.4, 0.5) is 0 Å². The number of aromatic nitrogens is 3. The zero-order chi connectivity index (χ0) is 10.7. The van der Waals surface area contributed by atoms with E-state index in [0.29, 0.717) is 5.15 Å². The van der Waals surface area contributed by atoms with Crippen molar-refractivity contribution in [3.05, 3.63) is 29.2 Å². The molecule has 0 fully saturated rings. The highest BCUT2D eigenvalue weighted by Gasteiger charge is 2.04. The molecule has 0 bridgehead atoms. The van der Waals surface area contributed by atoms with Gasteiger partial charge < -0.3 is 0 Å². The molecule has 0 aliphatic carbocycles. The van der Waals surface area contributed by atoms with E-state index in [9.17, 15) is 0 Å². The van der Waals surface area contributed by atoms with Crippen LogP contribution >= 0.6 is 11.6 Å². The maximum Gasteiger partial charge on any atom is 0.153 e. The Hall–Kier alpha value is -1.09. The van der Waals surface area contributed by atoms with E-state index in [2.05, 4.69) is 17.0 Å². The van der Waals surface area contributed by atoms with Gasteiger partial charge in [0.2, 0.25) is 0 Å². The highest BCUT2D eigenvalue weighted by Crippen LogP contribution is 2.11. The zero-order valence-corrected chi connectivity index (χ0v) is 9.54. The van der Waals surface area contributed by atoms with E-state index in [1.54, 1.807) is 6.07 Å². The maximum atomic E-state index is 5.85. The second kappa shape index (κ2) is 4.62. The van der Waals surface area contributed by atoms with Crippen molar-refractivity contribution >= 4 is 17.2 Å². The third kappa shape index (κ3) is 2.29. The average molecular weight is 224 g/mol. The van der Waals surface area contributed by atoms with Crippen LogP contribution in [0.15, 0.2) is 18.3 Å². The number of hydrogen-bond donors (Lipinski definition) is 0. The fourth-order valence-corrected chi connectivity index (χ4v) is 1.76. The number of aryl methyl sites for hydroxylation is 1. The molecule has 0 atom stereocenters. The van der Waals surface area contributed by atoms with Gasteiger partial charge in [0.1, 0.15) is 5.15 Å². The van der Waals surface area contributed by atoms with Gasteiger partial charge in [0, 0.05) is 0 Å². The number of nitrogens with zero attached hydrogens (tertiary/aromatic N) is 3. The lowest BCUT2D eigenvalue weighted by Crippen LogP contribution is -1.97. The molecule has 0 unspecified atom stereocenters. The molecule has 0 N–H and O–H groups in total. The molecule has 0 aromatic carbocycles. The second-order valence-corrected chi connectivity index (χ2v) is 4.02. The summed E-state index contributed by atoms with van der Waals surface area (Å²) in [5.41, 5.74) is 2.01. The van der Waals surface area contributed by atoms with E-state index in [1.807, 2.05) is 16.8 Å². The van der Waals surface area contributed by atoms with Crippen molar-refractivity contribution in [1.82, 2.24) is 14.6 Å². The van der Waals surface area contributed by atoms with Crippen LogP contribution in [0.5, 0.6) is 0 Å². The summed E-state index contributed by atoms with van der Waals surface area (Å²) in [4.78, 5) is 4.28. The van der Waals surface area contributed by atoms with Crippen LogP contribution < -0.4 is 0 Å². The molecule has 2 aromatic heterocycles. The first kappa shape index (κ1) is 10.4. The quantitative estimate of drug-likeness (QED) is 0.746. The normalized spacial score (nSPS) is 11.1. The van der Waals surface area contributed by atoms with Crippen LogP contribution in [-0.4, -0.2) is 14.6 Å². The van der Waals surface area contributed by atoms with Gasteiger partial charge in [-0.1, -0.05) is 31.4 Å². The molecule has 0 radical (unpaired) electrons. The summed E-state index contributed by atoms with van der Waals surface area (Å²) in [6.45, 7) is 2.20. The maximum absolute atomic E-state index is 5.85. The van der Waals surface area contributed by atoms with Crippen LogP contribution in [0.3, 0.4) is 0 Å². The Balaban J connectivity index is 2.23. The molecule has 0 spiro atoms. The third-order valence-electron chi connectivity index (χ3n) is 2.44. The molecule has 0 saturated heterocycles. The SMILES string of the molecule is CCCCCc1cnc2ccc(Cl)nn12. The van der Waals surface area contributed by atoms with Gasteiger partial charge in [-0.15, -0.1) is 0 Å². The van der Waals surface area contributed by atoms with Crippen LogP contribution in [0.2, 0.25) is 5.15 Å². The molecule has 0 saturated carbocycles. The molecule has 3 nitrogen and oxygen atoms in total. The van der Waals surface area contributed by atoms with Crippen LogP contribution in [0.25, 0.3) is 5.65 Å². The summed E-state index contributed by atoms with van der Waals surface area (Å²) in [7, 11) is 0. The number of imidazole rings is 1. The summed E-state index contributed by atoms with van der Waals surface area (Å²) in [6, 6.07) is 3.65. The van der Waals surface area contributed by atoms with Crippen molar-refractivity contribution < 1.29 is 0 Å². The van der Waals surface area contributed by atoms with E-state index in [1.165, 1.54) is 19.3 Å². The Morgan fingerprint density at radius 2 is 2.20 bits per heavy atom. The molecule has 2 rings (SSSR count). The van der Waals surface area contributed by atoms with Crippen LogP contribution in [0.1, 0.15) is 31.9 Å². The Morgan fingerprint density at radius 3 is 3.00 bits per heavy atom. The summed E-state index contributed by atoms with van der Waals surface area (Å²) < 4.78 is 1.83. The smallest absolute Gasteiger partial charge is 0.153 e. The Kier molecular flexibility index (Phi) is 3.21. The summed E-state index contributed by atoms with van der Waals surface area (Å²) in [6.07, 6.45) is 6.55. The van der Waals surface area contributed by atoms with E-state index in [-0.39, 0.29) is 0 Å². The average Bonchev–Trinajstić information content (AvgIpc) is 2.62. The molecule has 4 heteroatoms. The van der Waals surface area contributed by atoms with Crippen molar-refractivity contribution in [3.8, 4) is 0 Å². The predicted molar refractivity (Wildman–Crippen MR) is 61.2 cm³/mol. The topological polar surface area (TPSA) is 30.2 Å². The Labute approximate surface area is 94.1 Å². The van der Waals surface area contributed by atoms with Gasteiger partial charge in [-0.2, -0.15) is 5.10 Å². The third-order valence-corrected chi connectivity index (χ3v) is 2.64. The summed E-state index contributed by atoms with van der Waals surface area (Å²) in [5.74, 6) is 0. The van der Waals surface area contributed by atoms with Gasteiger partial charge in [-0.25, -0.2) is 9.50 Å². The lowest BCUT2D eigenvalue weighted by Gasteiger charge is -2.00.